The number of nitrogens with one attached hydrogen (secondary N) is 1. The van der Waals surface area contributed by atoms with Crippen LogP contribution in [0, 0.1) is 11.3 Å². The summed E-state index contributed by atoms with van der Waals surface area (Å²) in [5, 5.41) is 17.5. The number of nitriles is 1. The van der Waals surface area contributed by atoms with E-state index >= 15 is 0 Å². The smallest absolute Gasteiger partial charge is 0.335 e. The van der Waals surface area contributed by atoms with E-state index in [9.17, 15) is 13.2 Å². The Balaban J connectivity index is 3.18. The second-order valence-electron chi connectivity index (χ2n) is 4.04. The molecule has 108 valence electrons. The molecule has 6 nitrogen and oxygen atoms in total. The number of aromatic carboxylic acids is 1. The van der Waals surface area contributed by atoms with Crippen LogP contribution in [0.25, 0.3) is 0 Å². The maximum absolute atomic E-state index is 12.2. The Labute approximate surface area is 125 Å². The Bertz CT molecular complexity index is 652. The summed E-state index contributed by atoms with van der Waals surface area (Å²) < 4.78 is 27.1. The minimum atomic E-state index is -3.89. The highest BCUT2D eigenvalue weighted by Gasteiger charge is 2.22. The highest BCUT2D eigenvalue weighted by Crippen LogP contribution is 2.23. The number of hydrogen-bond acceptors (Lipinski definition) is 4. The molecule has 1 rings (SSSR count). The molecule has 0 saturated carbocycles. The van der Waals surface area contributed by atoms with Crippen LogP contribution in [0.4, 0.5) is 0 Å². The molecule has 0 aliphatic rings. The van der Waals surface area contributed by atoms with E-state index in [1.54, 1.807) is 6.92 Å². The second-order valence-corrected chi connectivity index (χ2v) is 6.58. The van der Waals surface area contributed by atoms with Crippen LogP contribution >= 0.6 is 15.9 Å². The summed E-state index contributed by atoms with van der Waals surface area (Å²) in [5.74, 6) is -1.21. The molecule has 20 heavy (non-hydrogen) atoms. The summed E-state index contributed by atoms with van der Waals surface area (Å²) in [6.07, 6.45) is 0.509. The first-order valence-corrected chi connectivity index (χ1v) is 8.01. The SMILES string of the molecule is CCC(CC#N)NS(=O)(=O)c1cc(C(=O)O)ccc1Br. The van der Waals surface area contributed by atoms with Gasteiger partial charge in [0.25, 0.3) is 0 Å². The zero-order chi connectivity index (χ0) is 15.3. The molecular formula is C12H13BrN2O4S. The van der Waals surface area contributed by atoms with E-state index in [1.807, 2.05) is 6.07 Å². The monoisotopic (exact) mass is 360 g/mol. The fourth-order valence-corrected chi connectivity index (χ4v) is 3.81. The van der Waals surface area contributed by atoms with E-state index in [2.05, 4.69) is 20.7 Å². The second kappa shape index (κ2) is 6.83. The van der Waals surface area contributed by atoms with Crippen molar-refractivity contribution in [1.82, 2.24) is 4.72 Å². The number of benzene rings is 1. The van der Waals surface area contributed by atoms with Crippen molar-refractivity contribution in [2.24, 2.45) is 0 Å². The molecule has 1 aromatic rings. The molecule has 0 amide bonds. The number of rotatable bonds is 6. The Hall–Kier alpha value is -1.43. The summed E-state index contributed by atoms with van der Waals surface area (Å²) in [6, 6.07) is 5.14. The normalized spacial score (nSPS) is 12.7. The average Bonchev–Trinajstić information content (AvgIpc) is 2.37. The molecule has 0 aromatic heterocycles. The van der Waals surface area contributed by atoms with E-state index in [-0.39, 0.29) is 21.4 Å². The number of carboxylic acids is 1. The Morgan fingerprint density at radius 2 is 2.20 bits per heavy atom. The number of sulfonamides is 1. The third-order valence-electron chi connectivity index (χ3n) is 2.62. The lowest BCUT2D eigenvalue weighted by molar-refractivity contribution is 0.0696. The average molecular weight is 361 g/mol. The first kappa shape index (κ1) is 16.6. The van der Waals surface area contributed by atoms with E-state index in [0.29, 0.717) is 6.42 Å². The first-order chi connectivity index (χ1) is 9.31. The van der Waals surface area contributed by atoms with Gasteiger partial charge in [-0.2, -0.15) is 5.26 Å². The molecular weight excluding hydrogens is 348 g/mol. The Kier molecular flexibility index (Phi) is 5.68. The van der Waals surface area contributed by atoms with E-state index in [1.165, 1.54) is 12.1 Å². The standard InChI is InChI=1S/C12H13BrN2O4S/c1-2-9(5-6-14)15-20(18,19)11-7-8(12(16)17)3-4-10(11)13/h3-4,7,9,15H,2,5H2,1H3,(H,16,17). The Morgan fingerprint density at radius 3 is 2.70 bits per heavy atom. The molecule has 1 aromatic carbocycles. The third kappa shape index (κ3) is 4.03. The zero-order valence-electron chi connectivity index (χ0n) is 10.6. The predicted octanol–water partition coefficient (Wildman–Crippen LogP) is 2.12. The summed E-state index contributed by atoms with van der Waals surface area (Å²) in [7, 11) is -3.89. The highest BCUT2D eigenvalue weighted by molar-refractivity contribution is 9.10. The number of hydrogen-bond donors (Lipinski definition) is 2. The van der Waals surface area contributed by atoms with Gasteiger partial charge in [0.1, 0.15) is 0 Å². The molecule has 0 aliphatic carbocycles. The van der Waals surface area contributed by atoms with Crippen LogP contribution in [-0.4, -0.2) is 25.5 Å². The van der Waals surface area contributed by atoms with Crippen molar-refractivity contribution in [2.75, 3.05) is 0 Å². The van der Waals surface area contributed by atoms with Crippen molar-refractivity contribution < 1.29 is 18.3 Å². The molecule has 0 fully saturated rings. The van der Waals surface area contributed by atoms with Gasteiger partial charge >= 0.3 is 5.97 Å². The van der Waals surface area contributed by atoms with Crippen LogP contribution in [0.15, 0.2) is 27.6 Å². The van der Waals surface area contributed by atoms with E-state index < -0.39 is 22.0 Å². The fraction of sp³-hybridized carbons (Fsp3) is 0.333. The lowest BCUT2D eigenvalue weighted by Gasteiger charge is -2.15. The van der Waals surface area contributed by atoms with Gasteiger partial charge in [0.2, 0.25) is 10.0 Å². The van der Waals surface area contributed by atoms with Crippen LogP contribution in [0.2, 0.25) is 0 Å². The number of nitrogens with zero attached hydrogens (tertiary/aromatic N) is 1. The number of halogens is 1. The van der Waals surface area contributed by atoms with Crippen molar-refractivity contribution in [2.45, 2.75) is 30.7 Å². The van der Waals surface area contributed by atoms with Gasteiger partial charge in [-0.15, -0.1) is 0 Å². The van der Waals surface area contributed by atoms with E-state index in [4.69, 9.17) is 10.4 Å². The van der Waals surface area contributed by atoms with Gasteiger partial charge in [0, 0.05) is 10.5 Å². The van der Waals surface area contributed by atoms with Gasteiger partial charge in [0.15, 0.2) is 0 Å². The lowest BCUT2D eigenvalue weighted by atomic mass is 10.2. The van der Waals surface area contributed by atoms with Gasteiger partial charge in [0.05, 0.1) is 22.9 Å². The largest absolute Gasteiger partial charge is 0.478 e. The predicted molar refractivity (Wildman–Crippen MR) is 75.7 cm³/mol. The van der Waals surface area contributed by atoms with Crippen LogP contribution in [0.3, 0.4) is 0 Å². The molecule has 2 N–H and O–H groups in total. The van der Waals surface area contributed by atoms with Crippen molar-refractivity contribution >= 4 is 31.9 Å². The maximum Gasteiger partial charge on any atom is 0.335 e. The maximum atomic E-state index is 12.2. The molecule has 0 radical (unpaired) electrons. The van der Waals surface area contributed by atoms with Crippen molar-refractivity contribution in [3.05, 3.63) is 28.2 Å². The first-order valence-electron chi connectivity index (χ1n) is 5.74. The molecule has 1 unspecified atom stereocenters. The zero-order valence-corrected chi connectivity index (χ0v) is 13.0. The molecule has 0 bridgehead atoms. The quantitative estimate of drug-likeness (QED) is 0.807. The third-order valence-corrected chi connectivity index (χ3v) is 5.13. The Morgan fingerprint density at radius 1 is 1.55 bits per heavy atom. The summed E-state index contributed by atoms with van der Waals surface area (Å²) in [5.41, 5.74) is -0.123. The van der Waals surface area contributed by atoms with E-state index in [0.717, 1.165) is 6.07 Å². The highest BCUT2D eigenvalue weighted by atomic mass is 79.9. The van der Waals surface area contributed by atoms with Gasteiger partial charge in [-0.1, -0.05) is 6.92 Å². The molecule has 1 atom stereocenters. The van der Waals surface area contributed by atoms with Gasteiger partial charge in [-0.25, -0.2) is 17.9 Å². The molecule has 0 saturated heterocycles. The lowest BCUT2D eigenvalue weighted by Crippen LogP contribution is -2.34. The van der Waals surface area contributed by atoms with Gasteiger partial charge in [-0.3, -0.25) is 0 Å². The summed E-state index contributed by atoms with van der Waals surface area (Å²) in [6.45, 7) is 1.76. The van der Waals surface area contributed by atoms with Gasteiger partial charge in [-0.05, 0) is 40.5 Å². The minimum Gasteiger partial charge on any atom is -0.478 e. The van der Waals surface area contributed by atoms with Crippen molar-refractivity contribution in [1.29, 1.82) is 5.26 Å². The number of carbonyl (C=O) groups is 1. The summed E-state index contributed by atoms with van der Waals surface area (Å²) in [4.78, 5) is 10.7. The number of carboxylic acid groups (broad SMARTS) is 1. The molecule has 8 heteroatoms. The molecule has 0 heterocycles. The summed E-state index contributed by atoms with van der Waals surface area (Å²) >= 11 is 3.09. The molecule has 0 spiro atoms. The van der Waals surface area contributed by atoms with Crippen molar-refractivity contribution in [3.63, 3.8) is 0 Å². The topological polar surface area (TPSA) is 107 Å². The van der Waals surface area contributed by atoms with Crippen molar-refractivity contribution in [3.8, 4) is 6.07 Å². The molecule has 0 aliphatic heterocycles. The van der Waals surface area contributed by atoms with Crippen LogP contribution < -0.4 is 4.72 Å². The minimum absolute atomic E-state index is 0.0476. The van der Waals surface area contributed by atoms with Crippen LogP contribution in [0.5, 0.6) is 0 Å². The van der Waals surface area contributed by atoms with Gasteiger partial charge < -0.3 is 5.11 Å². The van der Waals surface area contributed by atoms with Crippen LogP contribution in [0.1, 0.15) is 30.1 Å². The van der Waals surface area contributed by atoms with Crippen LogP contribution in [-0.2, 0) is 10.0 Å². The fourth-order valence-electron chi connectivity index (χ4n) is 1.50.